The summed E-state index contributed by atoms with van der Waals surface area (Å²) in [6.45, 7) is 1.11. The van der Waals surface area contributed by atoms with Gasteiger partial charge in [0.15, 0.2) is 0 Å². The number of rotatable bonds is 8. The summed E-state index contributed by atoms with van der Waals surface area (Å²) < 4.78 is 12.2. The Morgan fingerprint density at radius 1 is 1.20 bits per heavy atom. The molecule has 30 heavy (non-hydrogen) atoms. The molecule has 0 atom stereocenters. The highest BCUT2D eigenvalue weighted by Crippen LogP contribution is 2.17. The lowest BCUT2D eigenvalue weighted by Crippen LogP contribution is -2.26. The zero-order valence-electron chi connectivity index (χ0n) is 16.7. The van der Waals surface area contributed by atoms with E-state index in [4.69, 9.17) is 9.47 Å². The molecule has 154 valence electrons. The number of aromatic amines is 1. The number of nitrogens with one attached hydrogen (secondary N) is 2. The number of H-pyrrole nitrogens is 1. The highest BCUT2D eigenvalue weighted by molar-refractivity contribution is 5.83. The van der Waals surface area contributed by atoms with E-state index in [2.05, 4.69) is 26.7 Å². The molecule has 1 amide bonds. The van der Waals surface area contributed by atoms with Crippen LogP contribution in [-0.2, 0) is 24.3 Å². The number of carbonyl (C=O) groups is 1. The number of aromatic nitrogens is 4. The summed E-state index contributed by atoms with van der Waals surface area (Å²) in [4.78, 5) is 15.2. The normalized spacial score (nSPS) is 10.8. The number of alkyl carbamates (subject to hydrolysis) is 1. The van der Waals surface area contributed by atoms with Crippen LogP contribution in [0.15, 0.2) is 60.9 Å². The second-order valence-electron chi connectivity index (χ2n) is 6.87. The van der Waals surface area contributed by atoms with Gasteiger partial charge >= 0.3 is 6.09 Å². The Hall–Kier alpha value is -3.81. The van der Waals surface area contributed by atoms with Gasteiger partial charge in [0.2, 0.25) is 0 Å². The second kappa shape index (κ2) is 9.13. The molecular formula is C22H23N5O3. The number of benzene rings is 2. The number of fused-ring (bicyclic) bond motifs is 1. The third-order valence-electron chi connectivity index (χ3n) is 4.75. The van der Waals surface area contributed by atoms with Gasteiger partial charge in [0.25, 0.3) is 0 Å². The van der Waals surface area contributed by atoms with Crippen molar-refractivity contribution in [2.75, 3.05) is 13.7 Å². The van der Waals surface area contributed by atoms with Crippen LogP contribution in [0.2, 0.25) is 0 Å². The summed E-state index contributed by atoms with van der Waals surface area (Å²) >= 11 is 0. The van der Waals surface area contributed by atoms with Gasteiger partial charge in [-0.15, -0.1) is 5.10 Å². The maximum Gasteiger partial charge on any atom is 0.407 e. The molecule has 2 aromatic heterocycles. The molecule has 0 fully saturated rings. The van der Waals surface area contributed by atoms with Crippen molar-refractivity contribution in [2.45, 2.75) is 19.6 Å². The number of para-hydroxylation sites is 1. The zero-order chi connectivity index (χ0) is 20.8. The Balaban J connectivity index is 1.22. The maximum absolute atomic E-state index is 12.0. The molecule has 0 aliphatic heterocycles. The lowest BCUT2D eigenvalue weighted by Gasteiger charge is -2.05. The molecule has 0 aliphatic carbocycles. The lowest BCUT2D eigenvalue weighted by atomic mass is 10.1. The van der Waals surface area contributed by atoms with E-state index in [9.17, 15) is 4.79 Å². The van der Waals surface area contributed by atoms with Crippen molar-refractivity contribution < 1.29 is 14.3 Å². The minimum Gasteiger partial charge on any atom is -0.497 e. The van der Waals surface area contributed by atoms with Crippen LogP contribution in [0.5, 0.6) is 5.75 Å². The van der Waals surface area contributed by atoms with Crippen LogP contribution < -0.4 is 10.1 Å². The predicted octanol–water partition coefficient (Wildman–Crippen LogP) is 3.29. The Kier molecular flexibility index (Phi) is 5.93. The molecule has 0 saturated heterocycles. The van der Waals surface area contributed by atoms with E-state index in [1.165, 1.54) is 5.39 Å². The minimum absolute atomic E-state index is 0.0665. The second-order valence-corrected chi connectivity index (χ2v) is 6.87. The smallest absolute Gasteiger partial charge is 0.407 e. The Morgan fingerprint density at radius 2 is 2.10 bits per heavy atom. The molecule has 2 N–H and O–H groups in total. The van der Waals surface area contributed by atoms with Crippen LogP contribution >= 0.6 is 0 Å². The molecule has 0 bridgehead atoms. The average molecular weight is 405 g/mol. The molecule has 8 heteroatoms. The number of ether oxygens (including phenoxy) is 2. The molecule has 4 aromatic rings. The van der Waals surface area contributed by atoms with Crippen LogP contribution in [0.4, 0.5) is 4.79 Å². The van der Waals surface area contributed by atoms with Gasteiger partial charge in [-0.2, -0.15) is 0 Å². The molecule has 8 nitrogen and oxygen atoms in total. The summed E-state index contributed by atoms with van der Waals surface area (Å²) in [5, 5.41) is 12.1. The number of hydrogen-bond donors (Lipinski definition) is 2. The molecule has 0 aliphatic rings. The molecule has 4 rings (SSSR count). The SMILES string of the molecule is COc1cccc(Cn2cc(COC(=O)NCCc3c[nH]c4ccccc34)nn2)c1. The van der Waals surface area contributed by atoms with Gasteiger partial charge in [0, 0.05) is 23.6 Å². The zero-order valence-corrected chi connectivity index (χ0v) is 16.7. The van der Waals surface area contributed by atoms with Gasteiger partial charge in [0.05, 0.1) is 19.9 Å². The van der Waals surface area contributed by atoms with E-state index in [0.717, 1.165) is 28.8 Å². The third kappa shape index (κ3) is 4.78. The Bertz CT molecular complexity index is 1130. The molecule has 0 saturated carbocycles. The van der Waals surface area contributed by atoms with Gasteiger partial charge in [-0.1, -0.05) is 35.5 Å². The fourth-order valence-electron chi connectivity index (χ4n) is 3.27. The Labute approximate surface area is 173 Å². The quantitative estimate of drug-likeness (QED) is 0.469. The summed E-state index contributed by atoms with van der Waals surface area (Å²) in [5.41, 5.74) is 3.88. The number of carbonyl (C=O) groups excluding carboxylic acids is 1. The van der Waals surface area contributed by atoms with Crippen molar-refractivity contribution in [3.05, 3.63) is 77.7 Å². The average Bonchev–Trinajstić information content (AvgIpc) is 3.39. The van der Waals surface area contributed by atoms with Crippen LogP contribution in [0.25, 0.3) is 10.9 Å². The number of hydrogen-bond acceptors (Lipinski definition) is 5. The van der Waals surface area contributed by atoms with Gasteiger partial charge in [-0.3, -0.25) is 0 Å². The number of amides is 1. The first-order valence-electron chi connectivity index (χ1n) is 9.69. The maximum atomic E-state index is 12.0. The molecule has 2 aromatic carbocycles. The largest absolute Gasteiger partial charge is 0.497 e. The number of nitrogens with zero attached hydrogens (tertiary/aromatic N) is 3. The Morgan fingerprint density at radius 3 is 3.00 bits per heavy atom. The van der Waals surface area contributed by atoms with Crippen LogP contribution in [0, 0.1) is 0 Å². The monoisotopic (exact) mass is 405 g/mol. The van der Waals surface area contributed by atoms with Gasteiger partial charge in [-0.25, -0.2) is 9.48 Å². The van der Waals surface area contributed by atoms with E-state index in [1.54, 1.807) is 18.0 Å². The molecule has 0 spiro atoms. The van der Waals surface area contributed by atoms with Crippen LogP contribution in [-0.4, -0.2) is 39.7 Å². The fourth-order valence-corrected chi connectivity index (χ4v) is 3.27. The summed E-state index contributed by atoms with van der Waals surface area (Å²) in [5.74, 6) is 0.792. The number of methoxy groups -OCH3 is 1. The van der Waals surface area contributed by atoms with E-state index in [0.29, 0.717) is 18.8 Å². The van der Waals surface area contributed by atoms with Crippen LogP contribution in [0.3, 0.4) is 0 Å². The fraction of sp³-hybridized carbons (Fsp3) is 0.227. The van der Waals surface area contributed by atoms with Crippen molar-refractivity contribution in [3.8, 4) is 5.75 Å². The summed E-state index contributed by atoms with van der Waals surface area (Å²) in [7, 11) is 1.63. The van der Waals surface area contributed by atoms with E-state index in [-0.39, 0.29) is 6.61 Å². The minimum atomic E-state index is -0.475. The predicted molar refractivity (Wildman–Crippen MR) is 112 cm³/mol. The molecule has 0 unspecified atom stereocenters. The summed E-state index contributed by atoms with van der Waals surface area (Å²) in [6.07, 6.45) is 3.98. The van der Waals surface area contributed by atoms with Crippen LogP contribution in [0.1, 0.15) is 16.8 Å². The highest BCUT2D eigenvalue weighted by atomic mass is 16.5. The van der Waals surface area contributed by atoms with Crippen molar-refractivity contribution in [1.29, 1.82) is 0 Å². The van der Waals surface area contributed by atoms with E-state index < -0.39 is 6.09 Å². The highest BCUT2D eigenvalue weighted by Gasteiger charge is 2.08. The van der Waals surface area contributed by atoms with E-state index >= 15 is 0 Å². The van der Waals surface area contributed by atoms with Gasteiger partial charge in [0.1, 0.15) is 18.1 Å². The first kappa shape index (κ1) is 19.5. The standard InChI is InChI=1S/C22H23N5O3/c1-29-19-6-4-5-16(11-19)13-27-14-18(25-26-27)15-30-22(28)23-10-9-17-12-24-21-8-3-2-7-20(17)21/h2-8,11-12,14,24H,9-10,13,15H2,1H3,(H,23,28). The third-order valence-corrected chi connectivity index (χ3v) is 4.75. The van der Waals surface area contributed by atoms with Crippen molar-refractivity contribution in [3.63, 3.8) is 0 Å². The molecule has 2 heterocycles. The van der Waals surface area contributed by atoms with Gasteiger partial charge < -0.3 is 19.8 Å². The molecular weight excluding hydrogens is 382 g/mol. The van der Waals surface area contributed by atoms with Crippen molar-refractivity contribution >= 4 is 17.0 Å². The first-order valence-corrected chi connectivity index (χ1v) is 9.69. The lowest BCUT2D eigenvalue weighted by molar-refractivity contribution is 0.138. The van der Waals surface area contributed by atoms with Crippen molar-refractivity contribution in [2.24, 2.45) is 0 Å². The summed E-state index contributed by atoms with van der Waals surface area (Å²) in [6, 6.07) is 15.8. The van der Waals surface area contributed by atoms with Gasteiger partial charge in [-0.05, 0) is 35.7 Å². The van der Waals surface area contributed by atoms with E-state index in [1.807, 2.05) is 48.7 Å². The molecule has 0 radical (unpaired) electrons. The first-order chi connectivity index (χ1) is 14.7. The topological polar surface area (TPSA) is 94.1 Å². The van der Waals surface area contributed by atoms with Crippen molar-refractivity contribution in [1.82, 2.24) is 25.3 Å².